The Hall–Kier alpha value is -3.15. The van der Waals surface area contributed by atoms with Crippen molar-refractivity contribution in [3.8, 4) is 0 Å². The van der Waals surface area contributed by atoms with Crippen LogP contribution in [0, 0.1) is 0 Å². The lowest BCUT2D eigenvalue weighted by Crippen LogP contribution is -2.19. The van der Waals surface area contributed by atoms with Crippen molar-refractivity contribution >= 4 is 28.9 Å². The minimum absolute atomic E-state index is 0.161. The molecule has 2 amide bonds. The molecule has 0 radical (unpaired) electrons. The summed E-state index contributed by atoms with van der Waals surface area (Å²) in [6.45, 7) is 3.22. The number of hydrogen-bond acceptors (Lipinski definition) is 4. The third kappa shape index (κ3) is 4.67. The van der Waals surface area contributed by atoms with E-state index < -0.39 is 0 Å². The van der Waals surface area contributed by atoms with Crippen LogP contribution in [0.3, 0.4) is 0 Å². The first-order valence-electron chi connectivity index (χ1n) is 7.04. The SMILES string of the molecule is CC(=O)Nc1ccc(C(=O)N/N=C(/C)c2ccc(N)cc2)cc1. The first kappa shape index (κ1) is 16.2. The highest BCUT2D eigenvalue weighted by Gasteiger charge is 2.05. The molecule has 118 valence electrons. The predicted molar refractivity (Wildman–Crippen MR) is 91.3 cm³/mol. The number of nitrogen functional groups attached to an aromatic ring is 1. The molecule has 0 aliphatic heterocycles. The van der Waals surface area contributed by atoms with Crippen LogP contribution < -0.4 is 16.5 Å². The number of nitrogens with zero attached hydrogens (tertiary/aromatic N) is 1. The molecule has 0 atom stereocenters. The summed E-state index contributed by atoms with van der Waals surface area (Å²) in [6, 6.07) is 13.8. The fourth-order valence-electron chi connectivity index (χ4n) is 1.90. The standard InChI is InChI=1S/C17H18N4O2/c1-11(13-3-7-15(18)8-4-13)20-21-17(23)14-5-9-16(10-6-14)19-12(2)22/h3-10H,18H2,1-2H3,(H,19,22)(H,21,23)/b20-11-. The molecule has 0 saturated carbocycles. The van der Waals surface area contributed by atoms with Gasteiger partial charge in [0.05, 0.1) is 5.71 Å². The molecule has 0 bridgehead atoms. The maximum Gasteiger partial charge on any atom is 0.271 e. The Labute approximate surface area is 134 Å². The van der Waals surface area contributed by atoms with Crippen molar-refractivity contribution in [1.29, 1.82) is 0 Å². The predicted octanol–water partition coefficient (Wildman–Crippen LogP) is 2.38. The maximum atomic E-state index is 12.0. The largest absolute Gasteiger partial charge is 0.399 e. The molecular weight excluding hydrogens is 292 g/mol. The Kier molecular flexibility index (Phi) is 5.09. The van der Waals surface area contributed by atoms with E-state index in [0.29, 0.717) is 22.6 Å². The van der Waals surface area contributed by atoms with Gasteiger partial charge in [-0.1, -0.05) is 12.1 Å². The molecule has 0 aliphatic rings. The normalized spacial score (nSPS) is 11.0. The van der Waals surface area contributed by atoms with Crippen LogP contribution in [0.15, 0.2) is 53.6 Å². The fourth-order valence-corrected chi connectivity index (χ4v) is 1.90. The quantitative estimate of drug-likeness (QED) is 0.459. The van der Waals surface area contributed by atoms with E-state index in [1.165, 1.54) is 6.92 Å². The van der Waals surface area contributed by atoms with Crippen molar-refractivity contribution in [3.05, 3.63) is 59.7 Å². The molecule has 6 heteroatoms. The summed E-state index contributed by atoms with van der Waals surface area (Å²) in [5.41, 5.74) is 11.4. The van der Waals surface area contributed by atoms with Gasteiger partial charge in [-0.05, 0) is 48.9 Å². The van der Waals surface area contributed by atoms with E-state index in [2.05, 4.69) is 15.8 Å². The van der Waals surface area contributed by atoms with Crippen LogP contribution in [0.2, 0.25) is 0 Å². The van der Waals surface area contributed by atoms with Gasteiger partial charge < -0.3 is 11.1 Å². The molecule has 0 spiro atoms. The van der Waals surface area contributed by atoms with Crippen LogP contribution >= 0.6 is 0 Å². The fraction of sp³-hybridized carbons (Fsp3) is 0.118. The zero-order valence-electron chi connectivity index (χ0n) is 13.0. The number of rotatable bonds is 4. The number of hydrogen-bond donors (Lipinski definition) is 3. The van der Waals surface area contributed by atoms with Crippen LogP contribution in [-0.4, -0.2) is 17.5 Å². The highest BCUT2D eigenvalue weighted by molar-refractivity contribution is 6.01. The lowest BCUT2D eigenvalue weighted by atomic mass is 10.1. The summed E-state index contributed by atoms with van der Waals surface area (Å²) < 4.78 is 0. The number of hydrazone groups is 1. The summed E-state index contributed by atoms with van der Waals surface area (Å²) >= 11 is 0. The number of amides is 2. The van der Waals surface area contributed by atoms with Gasteiger partial charge in [0, 0.05) is 23.9 Å². The number of nitrogens with two attached hydrogens (primary N) is 1. The Morgan fingerprint density at radius 2 is 1.48 bits per heavy atom. The summed E-state index contributed by atoms with van der Waals surface area (Å²) in [5.74, 6) is -0.486. The Morgan fingerprint density at radius 3 is 2.04 bits per heavy atom. The maximum absolute atomic E-state index is 12.0. The zero-order valence-corrected chi connectivity index (χ0v) is 13.0. The van der Waals surface area contributed by atoms with Crippen molar-refractivity contribution in [2.75, 3.05) is 11.1 Å². The minimum Gasteiger partial charge on any atom is -0.399 e. The van der Waals surface area contributed by atoms with E-state index in [-0.39, 0.29) is 11.8 Å². The van der Waals surface area contributed by atoms with E-state index in [9.17, 15) is 9.59 Å². The minimum atomic E-state index is -0.325. The second-order valence-electron chi connectivity index (χ2n) is 5.02. The smallest absolute Gasteiger partial charge is 0.271 e. The number of anilines is 2. The molecule has 6 nitrogen and oxygen atoms in total. The average Bonchev–Trinajstić information content (AvgIpc) is 2.53. The van der Waals surface area contributed by atoms with Gasteiger partial charge in [-0.15, -0.1) is 0 Å². The van der Waals surface area contributed by atoms with Gasteiger partial charge in [0.25, 0.3) is 5.91 Å². The average molecular weight is 310 g/mol. The van der Waals surface area contributed by atoms with Gasteiger partial charge in [-0.25, -0.2) is 5.43 Å². The van der Waals surface area contributed by atoms with Gasteiger partial charge in [0.1, 0.15) is 0 Å². The number of benzene rings is 2. The lowest BCUT2D eigenvalue weighted by molar-refractivity contribution is -0.114. The van der Waals surface area contributed by atoms with Crippen LogP contribution in [0.1, 0.15) is 29.8 Å². The number of nitrogens with one attached hydrogen (secondary N) is 2. The first-order chi connectivity index (χ1) is 11.0. The number of carbonyl (C=O) groups is 2. The molecule has 0 aromatic heterocycles. The van der Waals surface area contributed by atoms with Crippen LogP contribution in [0.4, 0.5) is 11.4 Å². The Bertz CT molecular complexity index is 734. The highest BCUT2D eigenvalue weighted by Crippen LogP contribution is 2.10. The second kappa shape index (κ2) is 7.22. The highest BCUT2D eigenvalue weighted by atomic mass is 16.2. The first-order valence-corrected chi connectivity index (χ1v) is 7.04. The molecule has 2 aromatic carbocycles. The molecule has 23 heavy (non-hydrogen) atoms. The van der Waals surface area contributed by atoms with Crippen molar-refractivity contribution < 1.29 is 9.59 Å². The molecule has 0 heterocycles. The van der Waals surface area contributed by atoms with Gasteiger partial charge in [0.15, 0.2) is 0 Å². The third-order valence-corrected chi connectivity index (χ3v) is 3.12. The molecule has 0 saturated heterocycles. The third-order valence-electron chi connectivity index (χ3n) is 3.12. The van der Waals surface area contributed by atoms with Crippen LogP contribution in [0.25, 0.3) is 0 Å². The van der Waals surface area contributed by atoms with Crippen molar-refractivity contribution in [2.45, 2.75) is 13.8 Å². The van der Waals surface area contributed by atoms with E-state index in [1.54, 1.807) is 43.3 Å². The van der Waals surface area contributed by atoms with Crippen molar-refractivity contribution in [1.82, 2.24) is 5.43 Å². The van der Waals surface area contributed by atoms with Crippen LogP contribution in [0.5, 0.6) is 0 Å². The number of carbonyl (C=O) groups excluding carboxylic acids is 2. The van der Waals surface area contributed by atoms with Crippen molar-refractivity contribution in [3.63, 3.8) is 0 Å². The summed E-state index contributed by atoms with van der Waals surface area (Å²) in [7, 11) is 0. The molecule has 2 rings (SSSR count). The topological polar surface area (TPSA) is 96.6 Å². The van der Waals surface area contributed by atoms with Gasteiger partial charge in [-0.3, -0.25) is 9.59 Å². The van der Waals surface area contributed by atoms with E-state index in [0.717, 1.165) is 5.56 Å². The van der Waals surface area contributed by atoms with Gasteiger partial charge in [-0.2, -0.15) is 5.10 Å². The summed E-state index contributed by atoms with van der Waals surface area (Å²) in [6.07, 6.45) is 0. The molecule has 2 aromatic rings. The van der Waals surface area contributed by atoms with E-state index in [4.69, 9.17) is 5.73 Å². The van der Waals surface area contributed by atoms with Crippen LogP contribution in [-0.2, 0) is 4.79 Å². The Balaban J connectivity index is 2.02. The zero-order chi connectivity index (χ0) is 16.8. The molecular formula is C17H18N4O2. The summed E-state index contributed by atoms with van der Waals surface area (Å²) in [4.78, 5) is 23.0. The molecule has 4 N–H and O–H groups in total. The summed E-state index contributed by atoms with van der Waals surface area (Å²) in [5, 5.41) is 6.72. The molecule has 0 aliphatic carbocycles. The molecule has 0 unspecified atom stereocenters. The molecule has 0 fully saturated rings. The Morgan fingerprint density at radius 1 is 0.913 bits per heavy atom. The van der Waals surface area contributed by atoms with E-state index in [1.807, 2.05) is 12.1 Å². The second-order valence-corrected chi connectivity index (χ2v) is 5.02. The lowest BCUT2D eigenvalue weighted by Gasteiger charge is -2.05. The monoisotopic (exact) mass is 310 g/mol. The van der Waals surface area contributed by atoms with Gasteiger partial charge >= 0.3 is 0 Å². The van der Waals surface area contributed by atoms with Gasteiger partial charge in [0.2, 0.25) is 5.91 Å². The van der Waals surface area contributed by atoms with Crippen molar-refractivity contribution in [2.24, 2.45) is 5.10 Å². The van der Waals surface area contributed by atoms with E-state index >= 15 is 0 Å².